The molecule has 0 aliphatic heterocycles. The number of benzene rings is 2. The van der Waals surface area contributed by atoms with Crippen LogP contribution in [0.2, 0.25) is 0 Å². The van der Waals surface area contributed by atoms with Gasteiger partial charge in [0.05, 0.1) is 18.6 Å². The molecule has 1 heterocycles. The number of carbonyl (C=O) groups excluding carboxylic acids is 1. The van der Waals surface area contributed by atoms with Gasteiger partial charge in [0.2, 0.25) is 5.91 Å². The van der Waals surface area contributed by atoms with Gasteiger partial charge in [0.15, 0.2) is 11.0 Å². The number of amides is 1. The van der Waals surface area contributed by atoms with E-state index in [9.17, 15) is 9.18 Å². The van der Waals surface area contributed by atoms with Gasteiger partial charge in [-0.25, -0.2) is 4.39 Å². The Kier molecular flexibility index (Phi) is 6.44. The number of methoxy groups -OCH3 is 1. The van der Waals surface area contributed by atoms with Crippen LogP contribution in [-0.4, -0.2) is 33.5 Å². The summed E-state index contributed by atoms with van der Waals surface area (Å²) in [5.74, 6) is 0.824. The van der Waals surface area contributed by atoms with Gasteiger partial charge in [0, 0.05) is 12.1 Å². The van der Waals surface area contributed by atoms with Crippen molar-refractivity contribution in [2.45, 2.75) is 11.7 Å². The molecule has 8 heteroatoms. The zero-order chi connectivity index (χ0) is 19.9. The van der Waals surface area contributed by atoms with E-state index in [0.717, 1.165) is 5.56 Å². The van der Waals surface area contributed by atoms with Crippen molar-refractivity contribution in [2.24, 2.45) is 0 Å². The van der Waals surface area contributed by atoms with E-state index in [-0.39, 0.29) is 17.5 Å². The average Bonchev–Trinajstić information content (AvgIpc) is 3.10. The Morgan fingerprint density at radius 2 is 2.00 bits per heavy atom. The highest BCUT2D eigenvalue weighted by atomic mass is 32.2. The maximum atomic E-state index is 13.2. The number of hydrogen-bond donors (Lipinski definition) is 1. The SMILES string of the molecule is C=CCn1c(SCC(=O)Nc2ccccc2OC)nnc1-c1ccc(F)cc1. The van der Waals surface area contributed by atoms with Crippen molar-refractivity contribution in [3.63, 3.8) is 0 Å². The van der Waals surface area contributed by atoms with Gasteiger partial charge in [0.25, 0.3) is 0 Å². The first kappa shape index (κ1) is 19.6. The third-order valence-corrected chi connectivity index (χ3v) is 4.81. The summed E-state index contributed by atoms with van der Waals surface area (Å²) in [6.45, 7) is 4.23. The Hall–Kier alpha value is -3.13. The van der Waals surface area contributed by atoms with E-state index in [1.54, 1.807) is 37.5 Å². The molecule has 0 unspecified atom stereocenters. The monoisotopic (exact) mass is 398 g/mol. The molecule has 0 saturated carbocycles. The molecular weight excluding hydrogens is 379 g/mol. The number of anilines is 1. The van der Waals surface area contributed by atoms with Crippen LogP contribution >= 0.6 is 11.8 Å². The molecule has 1 aromatic heterocycles. The summed E-state index contributed by atoms with van der Waals surface area (Å²) < 4.78 is 20.3. The molecule has 0 atom stereocenters. The van der Waals surface area contributed by atoms with Gasteiger partial charge in [-0.15, -0.1) is 16.8 Å². The van der Waals surface area contributed by atoms with Crippen LogP contribution in [-0.2, 0) is 11.3 Å². The summed E-state index contributed by atoms with van der Waals surface area (Å²) in [5, 5.41) is 11.8. The lowest BCUT2D eigenvalue weighted by Crippen LogP contribution is -2.15. The molecule has 0 fully saturated rings. The maximum Gasteiger partial charge on any atom is 0.234 e. The third kappa shape index (κ3) is 4.58. The number of ether oxygens (including phenoxy) is 1. The van der Waals surface area contributed by atoms with Crippen LogP contribution in [0.15, 0.2) is 66.3 Å². The molecule has 0 radical (unpaired) electrons. The molecule has 3 aromatic rings. The Bertz CT molecular complexity index is 973. The van der Waals surface area contributed by atoms with Crippen molar-refractivity contribution in [1.29, 1.82) is 0 Å². The van der Waals surface area contributed by atoms with Crippen molar-refractivity contribution in [1.82, 2.24) is 14.8 Å². The van der Waals surface area contributed by atoms with Gasteiger partial charge in [0.1, 0.15) is 11.6 Å². The predicted molar refractivity (Wildman–Crippen MR) is 108 cm³/mol. The van der Waals surface area contributed by atoms with E-state index >= 15 is 0 Å². The number of rotatable bonds is 8. The molecule has 2 aromatic carbocycles. The fourth-order valence-electron chi connectivity index (χ4n) is 2.57. The highest BCUT2D eigenvalue weighted by Gasteiger charge is 2.15. The highest BCUT2D eigenvalue weighted by molar-refractivity contribution is 7.99. The van der Waals surface area contributed by atoms with Crippen LogP contribution < -0.4 is 10.1 Å². The largest absolute Gasteiger partial charge is 0.495 e. The minimum absolute atomic E-state index is 0.150. The first-order valence-electron chi connectivity index (χ1n) is 8.48. The van der Waals surface area contributed by atoms with Gasteiger partial charge in [-0.1, -0.05) is 30.0 Å². The summed E-state index contributed by atoms with van der Waals surface area (Å²) >= 11 is 1.26. The first-order chi connectivity index (χ1) is 13.6. The normalized spacial score (nSPS) is 10.5. The van der Waals surface area contributed by atoms with E-state index in [4.69, 9.17) is 4.74 Å². The zero-order valence-electron chi connectivity index (χ0n) is 15.3. The molecule has 0 aliphatic rings. The fraction of sp³-hybridized carbons (Fsp3) is 0.150. The van der Waals surface area contributed by atoms with Crippen LogP contribution in [0.3, 0.4) is 0 Å². The number of para-hydroxylation sites is 2. The second kappa shape index (κ2) is 9.18. The van der Waals surface area contributed by atoms with Gasteiger partial charge in [-0.3, -0.25) is 9.36 Å². The van der Waals surface area contributed by atoms with E-state index in [1.807, 2.05) is 16.7 Å². The molecule has 28 heavy (non-hydrogen) atoms. The molecule has 1 N–H and O–H groups in total. The lowest BCUT2D eigenvalue weighted by Gasteiger charge is -2.10. The Labute approximate surface area is 166 Å². The van der Waals surface area contributed by atoms with Crippen molar-refractivity contribution in [3.05, 3.63) is 67.0 Å². The third-order valence-electron chi connectivity index (χ3n) is 3.84. The standard InChI is InChI=1S/C20H19FN4O2S/c1-3-12-25-19(14-8-10-15(21)11-9-14)23-24-20(25)28-13-18(26)22-16-6-4-5-7-17(16)27-2/h3-11H,1,12-13H2,2H3,(H,22,26). The quantitative estimate of drug-likeness (QED) is 0.459. The van der Waals surface area contributed by atoms with Gasteiger partial charge >= 0.3 is 0 Å². The summed E-state index contributed by atoms with van der Waals surface area (Å²) in [7, 11) is 1.55. The Morgan fingerprint density at radius 3 is 2.71 bits per heavy atom. The van der Waals surface area contributed by atoms with Crippen molar-refractivity contribution >= 4 is 23.4 Å². The second-order valence-corrected chi connectivity index (χ2v) is 6.69. The van der Waals surface area contributed by atoms with Crippen molar-refractivity contribution in [2.75, 3.05) is 18.2 Å². The summed E-state index contributed by atoms with van der Waals surface area (Å²) in [6, 6.07) is 13.2. The van der Waals surface area contributed by atoms with Crippen LogP contribution in [0, 0.1) is 5.82 Å². The molecular formula is C20H19FN4O2S. The van der Waals surface area contributed by atoms with Crippen molar-refractivity contribution < 1.29 is 13.9 Å². The van der Waals surface area contributed by atoms with Crippen LogP contribution in [0.1, 0.15) is 0 Å². The van der Waals surface area contributed by atoms with E-state index in [2.05, 4.69) is 22.1 Å². The molecule has 3 rings (SSSR count). The van der Waals surface area contributed by atoms with Crippen LogP contribution in [0.5, 0.6) is 5.75 Å². The molecule has 144 valence electrons. The second-order valence-electron chi connectivity index (χ2n) is 5.75. The molecule has 1 amide bonds. The van der Waals surface area contributed by atoms with Gasteiger partial charge in [-0.2, -0.15) is 0 Å². The van der Waals surface area contributed by atoms with E-state index < -0.39 is 0 Å². The predicted octanol–water partition coefficient (Wildman–Crippen LogP) is 4.01. The number of halogens is 1. The Morgan fingerprint density at radius 1 is 1.25 bits per heavy atom. The van der Waals surface area contributed by atoms with Crippen LogP contribution in [0.25, 0.3) is 11.4 Å². The summed E-state index contributed by atoms with van der Waals surface area (Å²) in [5.41, 5.74) is 1.34. The number of aromatic nitrogens is 3. The first-order valence-corrected chi connectivity index (χ1v) is 9.46. The molecule has 0 bridgehead atoms. The summed E-state index contributed by atoms with van der Waals surface area (Å²) in [4.78, 5) is 12.3. The highest BCUT2D eigenvalue weighted by Crippen LogP contribution is 2.26. The zero-order valence-corrected chi connectivity index (χ0v) is 16.1. The van der Waals surface area contributed by atoms with Gasteiger partial charge in [-0.05, 0) is 36.4 Å². The molecule has 0 spiro atoms. The molecule has 6 nitrogen and oxygen atoms in total. The van der Waals surface area contributed by atoms with Crippen LogP contribution in [0.4, 0.5) is 10.1 Å². The number of hydrogen-bond acceptors (Lipinski definition) is 5. The lowest BCUT2D eigenvalue weighted by molar-refractivity contribution is -0.113. The molecule has 0 saturated heterocycles. The lowest BCUT2D eigenvalue weighted by atomic mass is 10.2. The number of allylic oxidation sites excluding steroid dienone is 1. The molecule has 0 aliphatic carbocycles. The number of nitrogens with one attached hydrogen (secondary N) is 1. The fourth-order valence-corrected chi connectivity index (χ4v) is 3.31. The number of carbonyl (C=O) groups is 1. The number of nitrogens with zero attached hydrogens (tertiary/aromatic N) is 3. The number of thioether (sulfide) groups is 1. The van der Waals surface area contributed by atoms with Crippen molar-refractivity contribution in [3.8, 4) is 17.1 Å². The maximum absolute atomic E-state index is 13.2. The van der Waals surface area contributed by atoms with E-state index in [1.165, 1.54) is 23.9 Å². The minimum Gasteiger partial charge on any atom is -0.495 e. The average molecular weight is 398 g/mol. The van der Waals surface area contributed by atoms with Gasteiger partial charge < -0.3 is 10.1 Å². The topological polar surface area (TPSA) is 69.0 Å². The van der Waals surface area contributed by atoms with E-state index in [0.29, 0.717) is 29.0 Å². The Balaban J connectivity index is 1.72. The minimum atomic E-state index is -0.318. The smallest absolute Gasteiger partial charge is 0.234 e. The summed E-state index contributed by atoms with van der Waals surface area (Å²) in [6.07, 6.45) is 1.72.